The zero-order chi connectivity index (χ0) is 17.2. The molecule has 2 N–H and O–H groups in total. The summed E-state index contributed by atoms with van der Waals surface area (Å²) in [5.41, 5.74) is 1.06. The van der Waals surface area contributed by atoms with E-state index < -0.39 is 11.7 Å². The number of halogens is 3. The van der Waals surface area contributed by atoms with Gasteiger partial charge in [-0.1, -0.05) is 30.3 Å². The fourth-order valence-corrected chi connectivity index (χ4v) is 2.39. The molecule has 0 aliphatic heterocycles. The minimum absolute atomic E-state index is 0.0756. The van der Waals surface area contributed by atoms with Crippen LogP contribution in [0.2, 0.25) is 0 Å². The molecule has 0 amide bonds. The molecule has 1 heterocycles. The number of alkyl halides is 3. The van der Waals surface area contributed by atoms with Gasteiger partial charge in [0, 0.05) is 17.8 Å². The van der Waals surface area contributed by atoms with Gasteiger partial charge in [-0.15, -0.1) is 0 Å². The summed E-state index contributed by atoms with van der Waals surface area (Å²) in [6, 6.07) is 12.8. The molecule has 0 radical (unpaired) electrons. The van der Waals surface area contributed by atoms with Crippen LogP contribution in [-0.4, -0.2) is 15.2 Å². The SMILES string of the molecule is Cc1nc(-c2cccc(NCc3ccccc3C(F)(F)F)c2)n[nH]1. The highest BCUT2D eigenvalue weighted by Crippen LogP contribution is 2.32. The van der Waals surface area contributed by atoms with E-state index in [0.717, 1.165) is 11.6 Å². The van der Waals surface area contributed by atoms with Gasteiger partial charge in [-0.25, -0.2) is 4.98 Å². The van der Waals surface area contributed by atoms with E-state index in [-0.39, 0.29) is 12.1 Å². The quantitative estimate of drug-likeness (QED) is 0.744. The Morgan fingerprint density at radius 1 is 1.08 bits per heavy atom. The van der Waals surface area contributed by atoms with E-state index in [4.69, 9.17) is 0 Å². The van der Waals surface area contributed by atoms with Crippen molar-refractivity contribution in [2.45, 2.75) is 19.6 Å². The molecule has 7 heteroatoms. The standard InChI is InChI=1S/C17H15F3N4/c1-11-22-16(24-23-11)12-6-4-7-14(9-12)21-10-13-5-2-3-8-15(13)17(18,19)20/h2-9,21H,10H2,1H3,(H,22,23,24). The van der Waals surface area contributed by atoms with Crippen LogP contribution >= 0.6 is 0 Å². The van der Waals surface area contributed by atoms with Crippen molar-refractivity contribution in [1.82, 2.24) is 15.2 Å². The molecule has 0 saturated carbocycles. The Kier molecular flexibility index (Phi) is 4.24. The number of benzene rings is 2. The van der Waals surface area contributed by atoms with Crippen LogP contribution in [0.15, 0.2) is 48.5 Å². The fourth-order valence-electron chi connectivity index (χ4n) is 2.39. The molecule has 24 heavy (non-hydrogen) atoms. The van der Waals surface area contributed by atoms with Crippen molar-refractivity contribution in [3.8, 4) is 11.4 Å². The van der Waals surface area contributed by atoms with Crippen LogP contribution in [0.25, 0.3) is 11.4 Å². The molecule has 1 aromatic heterocycles. The molecule has 124 valence electrons. The lowest BCUT2D eigenvalue weighted by Crippen LogP contribution is -2.11. The molecule has 0 aliphatic carbocycles. The number of aryl methyl sites for hydroxylation is 1. The third-order valence-electron chi connectivity index (χ3n) is 3.52. The van der Waals surface area contributed by atoms with Crippen LogP contribution in [0.5, 0.6) is 0 Å². The van der Waals surface area contributed by atoms with Crippen molar-refractivity contribution in [1.29, 1.82) is 0 Å². The van der Waals surface area contributed by atoms with E-state index in [9.17, 15) is 13.2 Å². The highest BCUT2D eigenvalue weighted by atomic mass is 19.4. The van der Waals surface area contributed by atoms with Gasteiger partial charge in [0.15, 0.2) is 5.82 Å². The zero-order valence-corrected chi connectivity index (χ0v) is 12.9. The topological polar surface area (TPSA) is 53.6 Å². The van der Waals surface area contributed by atoms with Crippen molar-refractivity contribution in [3.05, 3.63) is 65.5 Å². The maximum absolute atomic E-state index is 13.0. The van der Waals surface area contributed by atoms with Crippen molar-refractivity contribution in [3.63, 3.8) is 0 Å². The average Bonchev–Trinajstić information content (AvgIpc) is 2.99. The number of anilines is 1. The van der Waals surface area contributed by atoms with Gasteiger partial charge in [-0.2, -0.15) is 18.3 Å². The van der Waals surface area contributed by atoms with E-state index in [2.05, 4.69) is 20.5 Å². The molecule has 0 saturated heterocycles. The summed E-state index contributed by atoms with van der Waals surface area (Å²) in [5, 5.41) is 9.87. The van der Waals surface area contributed by atoms with E-state index in [0.29, 0.717) is 17.3 Å². The molecule has 0 aliphatic rings. The normalized spacial score (nSPS) is 11.5. The second-order valence-corrected chi connectivity index (χ2v) is 5.33. The summed E-state index contributed by atoms with van der Waals surface area (Å²) in [7, 11) is 0. The monoisotopic (exact) mass is 332 g/mol. The molecular weight excluding hydrogens is 317 g/mol. The Balaban J connectivity index is 1.79. The third-order valence-corrected chi connectivity index (χ3v) is 3.52. The van der Waals surface area contributed by atoms with Gasteiger partial charge >= 0.3 is 6.18 Å². The molecule has 0 fully saturated rings. The van der Waals surface area contributed by atoms with Crippen molar-refractivity contribution < 1.29 is 13.2 Å². The van der Waals surface area contributed by atoms with Crippen molar-refractivity contribution >= 4 is 5.69 Å². The summed E-state index contributed by atoms with van der Waals surface area (Å²) in [6.45, 7) is 1.87. The summed E-state index contributed by atoms with van der Waals surface area (Å²) in [6.07, 6.45) is -4.36. The van der Waals surface area contributed by atoms with Crippen molar-refractivity contribution in [2.75, 3.05) is 5.32 Å². The van der Waals surface area contributed by atoms with Gasteiger partial charge in [0.25, 0.3) is 0 Å². The lowest BCUT2D eigenvalue weighted by atomic mass is 10.1. The second-order valence-electron chi connectivity index (χ2n) is 5.33. The number of hydrogen-bond donors (Lipinski definition) is 2. The van der Waals surface area contributed by atoms with Crippen LogP contribution in [0.4, 0.5) is 18.9 Å². The van der Waals surface area contributed by atoms with Gasteiger partial charge in [0.05, 0.1) is 5.56 Å². The van der Waals surface area contributed by atoms with E-state index >= 15 is 0 Å². The molecule has 3 rings (SSSR count). The fraction of sp³-hybridized carbons (Fsp3) is 0.176. The predicted molar refractivity (Wildman–Crippen MR) is 85.3 cm³/mol. The highest BCUT2D eigenvalue weighted by Gasteiger charge is 2.32. The summed E-state index contributed by atoms with van der Waals surface area (Å²) in [4.78, 5) is 4.24. The van der Waals surface area contributed by atoms with E-state index in [1.807, 2.05) is 6.07 Å². The smallest absolute Gasteiger partial charge is 0.381 e. The first-order valence-corrected chi connectivity index (χ1v) is 7.32. The minimum atomic E-state index is -4.36. The summed E-state index contributed by atoms with van der Waals surface area (Å²) < 4.78 is 39.0. The summed E-state index contributed by atoms with van der Waals surface area (Å²) in [5.74, 6) is 1.24. The predicted octanol–water partition coefficient (Wildman–Crippen LogP) is 4.41. The number of nitrogens with zero attached hydrogens (tertiary/aromatic N) is 2. The van der Waals surface area contributed by atoms with Crippen LogP contribution in [0.1, 0.15) is 17.0 Å². The lowest BCUT2D eigenvalue weighted by molar-refractivity contribution is -0.138. The second kappa shape index (κ2) is 6.35. The number of nitrogens with one attached hydrogen (secondary N) is 2. The molecule has 0 unspecified atom stereocenters. The average molecular weight is 332 g/mol. The van der Waals surface area contributed by atoms with Crippen LogP contribution in [0.3, 0.4) is 0 Å². The van der Waals surface area contributed by atoms with Gasteiger partial charge in [-0.05, 0) is 30.7 Å². The Bertz CT molecular complexity index is 840. The molecule has 0 spiro atoms. The number of rotatable bonds is 4. The first kappa shape index (κ1) is 16.0. The van der Waals surface area contributed by atoms with Crippen LogP contribution in [0, 0.1) is 6.92 Å². The third kappa shape index (κ3) is 3.56. The Hall–Kier alpha value is -2.83. The van der Waals surface area contributed by atoms with Crippen LogP contribution < -0.4 is 5.32 Å². The minimum Gasteiger partial charge on any atom is -0.381 e. The van der Waals surface area contributed by atoms with Crippen molar-refractivity contribution in [2.24, 2.45) is 0 Å². The lowest BCUT2D eigenvalue weighted by Gasteiger charge is -2.14. The number of aromatic nitrogens is 3. The largest absolute Gasteiger partial charge is 0.416 e. The molecule has 4 nitrogen and oxygen atoms in total. The van der Waals surface area contributed by atoms with Gasteiger partial charge in [0.1, 0.15) is 5.82 Å². The van der Waals surface area contributed by atoms with Gasteiger partial charge < -0.3 is 5.32 Å². The Labute approximate surface area is 136 Å². The highest BCUT2D eigenvalue weighted by molar-refractivity contribution is 5.62. The number of aromatic amines is 1. The first-order valence-electron chi connectivity index (χ1n) is 7.32. The Morgan fingerprint density at radius 2 is 1.88 bits per heavy atom. The number of hydrogen-bond acceptors (Lipinski definition) is 3. The van der Waals surface area contributed by atoms with Crippen LogP contribution in [-0.2, 0) is 12.7 Å². The van der Waals surface area contributed by atoms with Gasteiger partial charge in [-0.3, -0.25) is 5.10 Å². The Morgan fingerprint density at radius 3 is 2.58 bits per heavy atom. The molecule has 0 bridgehead atoms. The molecular formula is C17H15F3N4. The van der Waals surface area contributed by atoms with Gasteiger partial charge in [0.2, 0.25) is 0 Å². The first-order chi connectivity index (χ1) is 11.4. The summed E-state index contributed by atoms with van der Waals surface area (Å²) >= 11 is 0. The molecule has 3 aromatic rings. The maximum atomic E-state index is 13.0. The van der Waals surface area contributed by atoms with E-state index in [1.54, 1.807) is 31.2 Å². The maximum Gasteiger partial charge on any atom is 0.416 e. The zero-order valence-electron chi connectivity index (χ0n) is 12.9. The van der Waals surface area contributed by atoms with E-state index in [1.165, 1.54) is 12.1 Å². The molecule has 0 atom stereocenters. The number of H-pyrrole nitrogens is 1. The molecule has 2 aromatic carbocycles.